The van der Waals surface area contributed by atoms with Gasteiger partial charge in [0.2, 0.25) is 0 Å². The van der Waals surface area contributed by atoms with Crippen LogP contribution in [0.1, 0.15) is 19.4 Å². The lowest BCUT2D eigenvalue weighted by molar-refractivity contribution is -0.121. The van der Waals surface area contributed by atoms with Crippen molar-refractivity contribution in [2.75, 3.05) is 18.0 Å². The zero-order valence-corrected chi connectivity index (χ0v) is 16.1. The zero-order chi connectivity index (χ0) is 20.7. The summed E-state index contributed by atoms with van der Waals surface area (Å²) in [6.45, 7) is 4.70. The van der Waals surface area contributed by atoms with Crippen molar-refractivity contribution in [2.45, 2.75) is 26.1 Å². The third-order valence-electron chi connectivity index (χ3n) is 5.02. The number of hydrogen-bond donors (Lipinski definition) is 0. The number of imide groups is 1. The summed E-state index contributed by atoms with van der Waals surface area (Å²) < 4.78 is 32.9. The van der Waals surface area contributed by atoms with Crippen LogP contribution in [0, 0.1) is 11.6 Å². The maximum absolute atomic E-state index is 13.8. The average molecular weight is 398 g/mol. The molecule has 0 bridgehead atoms. The summed E-state index contributed by atoms with van der Waals surface area (Å²) in [5.74, 6) is -3.28. The van der Waals surface area contributed by atoms with E-state index >= 15 is 0 Å². The number of rotatable bonds is 3. The van der Waals surface area contributed by atoms with E-state index < -0.39 is 23.4 Å². The van der Waals surface area contributed by atoms with Gasteiger partial charge >= 0.3 is 0 Å². The van der Waals surface area contributed by atoms with E-state index in [-0.39, 0.29) is 29.2 Å². The Hall–Kier alpha value is -3.06. The molecule has 29 heavy (non-hydrogen) atoms. The lowest BCUT2D eigenvalue weighted by atomic mass is 10.0. The minimum atomic E-state index is -1.12. The van der Waals surface area contributed by atoms with Gasteiger partial charge < -0.3 is 9.64 Å². The summed E-state index contributed by atoms with van der Waals surface area (Å²) in [5, 5.41) is 0. The molecule has 1 saturated heterocycles. The van der Waals surface area contributed by atoms with Crippen LogP contribution in [0.15, 0.2) is 54.2 Å². The Morgan fingerprint density at radius 1 is 0.897 bits per heavy atom. The minimum absolute atomic E-state index is 0.00307. The van der Waals surface area contributed by atoms with Crippen LogP contribution < -0.4 is 4.90 Å². The minimum Gasteiger partial charge on any atom is -0.372 e. The first-order valence-corrected chi connectivity index (χ1v) is 9.40. The third kappa shape index (κ3) is 3.42. The molecular weight excluding hydrogens is 378 g/mol. The Bertz CT molecular complexity index is 996. The third-order valence-corrected chi connectivity index (χ3v) is 5.02. The van der Waals surface area contributed by atoms with E-state index in [0.29, 0.717) is 18.7 Å². The molecule has 2 aromatic carbocycles. The molecule has 2 amide bonds. The van der Waals surface area contributed by atoms with Gasteiger partial charge in [-0.3, -0.25) is 9.59 Å². The van der Waals surface area contributed by atoms with Gasteiger partial charge in [0.15, 0.2) is 11.6 Å². The lowest BCUT2D eigenvalue weighted by Gasteiger charge is -2.37. The number of anilines is 1. The van der Waals surface area contributed by atoms with Crippen molar-refractivity contribution in [1.82, 2.24) is 4.90 Å². The van der Waals surface area contributed by atoms with Gasteiger partial charge in [0, 0.05) is 19.2 Å². The van der Waals surface area contributed by atoms with Gasteiger partial charge in [-0.05, 0) is 31.5 Å². The fraction of sp³-hybridized carbons (Fsp3) is 0.273. The van der Waals surface area contributed by atoms with Crippen molar-refractivity contribution in [3.63, 3.8) is 0 Å². The molecule has 2 aliphatic rings. The highest BCUT2D eigenvalue weighted by atomic mass is 19.2. The largest absolute Gasteiger partial charge is 0.372 e. The molecule has 0 aromatic heterocycles. The average Bonchev–Trinajstić information content (AvgIpc) is 2.94. The van der Waals surface area contributed by atoms with Crippen LogP contribution in [0.5, 0.6) is 0 Å². The highest BCUT2D eigenvalue weighted by molar-refractivity contribution is 6.45. The van der Waals surface area contributed by atoms with Gasteiger partial charge in [0.05, 0.1) is 23.5 Å². The van der Waals surface area contributed by atoms with E-state index in [0.717, 1.165) is 17.0 Å². The first-order chi connectivity index (χ1) is 13.9. The molecule has 1 fully saturated rings. The van der Waals surface area contributed by atoms with Gasteiger partial charge in [-0.2, -0.15) is 0 Å². The van der Waals surface area contributed by atoms with Gasteiger partial charge in [-0.15, -0.1) is 0 Å². The Labute approximate surface area is 167 Å². The number of amides is 2. The van der Waals surface area contributed by atoms with E-state index in [9.17, 15) is 18.4 Å². The number of halogens is 2. The summed E-state index contributed by atoms with van der Waals surface area (Å²) in [4.78, 5) is 29.4. The van der Waals surface area contributed by atoms with Crippen molar-refractivity contribution in [3.05, 3.63) is 71.4 Å². The number of ether oxygens (including phenoxy) is 1. The van der Waals surface area contributed by atoms with Crippen LogP contribution in [0.25, 0.3) is 5.57 Å². The first kappa shape index (κ1) is 19.3. The number of nitrogens with zero attached hydrogens (tertiary/aromatic N) is 2. The zero-order valence-electron chi connectivity index (χ0n) is 16.1. The molecule has 5 nitrogen and oxygen atoms in total. The molecule has 150 valence electrons. The molecule has 2 aliphatic heterocycles. The number of carbonyl (C=O) groups excluding carboxylic acids is 2. The van der Waals surface area contributed by atoms with Gasteiger partial charge in [0.1, 0.15) is 5.70 Å². The highest BCUT2D eigenvalue weighted by Gasteiger charge is 2.44. The van der Waals surface area contributed by atoms with E-state index in [1.165, 1.54) is 6.07 Å². The van der Waals surface area contributed by atoms with Crippen molar-refractivity contribution < 1.29 is 23.1 Å². The molecular formula is C22H20F2N2O3. The number of carbonyl (C=O) groups is 2. The van der Waals surface area contributed by atoms with Crippen molar-refractivity contribution >= 4 is 23.1 Å². The molecule has 2 heterocycles. The Kier molecular flexibility index (Phi) is 4.92. The SMILES string of the molecule is CC1CN(C2=C(c3ccccc3)C(=O)N(c3ccc(F)c(F)c3)C2=O)CC(C)O1. The number of benzene rings is 2. The molecule has 7 heteroatoms. The fourth-order valence-electron chi connectivity index (χ4n) is 3.90. The van der Waals surface area contributed by atoms with Gasteiger partial charge in [-0.1, -0.05) is 30.3 Å². The summed E-state index contributed by atoms with van der Waals surface area (Å²) in [6.07, 6.45) is -0.244. The van der Waals surface area contributed by atoms with Gasteiger partial charge in [-0.25, -0.2) is 13.7 Å². The molecule has 0 N–H and O–H groups in total. The predicted octanol–water partition coefficient (Wildman–Crippen LogP) is 3.36. The van der Waals surface area contributed by atoms with E-state index in [1.807, 2.05) is 24.8 Å². The monoisotopic (exact) mass is 398 g/mol. The van der Waals surface area contributed by atoms with E-state index in [2.05, 4.69) is 0 Å². The molecule has 0 saturated carbocycles. The van der Waals surface area contributed by atoms with Crippen LogP contribution in [0.2, 0.25) is 0 Å². The van der Waals surface area contributed by atoms with Crippen molar-refractivity contribution in [3.8, 4) is 0 Å². The summed E-state index contributed by atoms with van der Waals surface area (Å²) in [6, 6.07) is 11.9. The quantitative estimate of drug-likeness (QED) is 0.744. The van der Waals surface area contributed by atoms with Crippen molar-refractivity contribution in [2.24, 2.45) is 0 Å². The molecule has 2 unspecified atom stereocenters. The van der Waals surface area contributed by atoms with Crippen LogP contribution in [-0.4, -0.2) is 42.0 Å². The maximum atomic E-state index is 13.8. The predicted molar refractivity (Wildman–Crippen MR) is 104 cm³/mol. The molecule has 2 atom stereocenters. The number of hydrogen-bond acceptors (Lipinski definition) is 4. The second kappa shape index (κ2) is 7.40. The smallest absolute Gasteiger partial charge is 0.282 e. The molecule has 0 aliphatic carbocycles. The lowest BCUT2D eigenvalue weighted by Crippen LogP contribution is -2.47. The first-order valence-electron chi connectivity index (χ1n) is 9.40. The fourth-order valence-corrected chi connectivity index (χ4v) is 3.90. The molecule has 4 rings (SSSR count). The van der Waals surface area contributed by atoms with E-state index in [4.69, 9.17) is 4.74 Å². The Balaban J connectivity index is 1.83. The normalized spacial score (nSPS) is 22.6. The van der Waals surface area contributed by atoms with Crippen LogP contribution >= 0.6 is 0 Å². The molecule has 0 radical (unpaired) electrons. The summed E-state index contributed by atoms with van der Waals surface area (Å²) in [7, 11) is 0. The second-order valence-electron chi connectivity index (χ2n) is 7.30. The Morgan fingerprint density at radius 2 is 1.55 bits per heavy atom. The van der Waals surface area contributed by atoms with Crippen LogP contribution in [0.3, 0.4) is 0 Å². The van der Waals surface area contributed by atoms with Crippen LogP contribution in [-0.2, 0) is 14.3 Å². The topological polar surface area (TPSA) is 49.9 Å². The highest BCUT2D eigenvalue weighted by Crippen LogP contribution is 2.36. The second-order valence-corrected chi connectivity index (χ2v) is 7.30. The molecule has 0 spiro atoms. The van der Waals surface area contributed by atoms with Crippen molar-refractivity contribution in [1.29, 1.82) is 0 Å². The number of morpholine rings is 1. The van der Waals surface area contributed by atoms with Gasteiger partial charge in [0.25, 0.3) is 11.8 Å². The summed E-state index contributed by atoms with van der Waals surface area (Å²) in [5.41, 5.74) is 1.10. The van der Waals surface area contributed by atoms with Crippen LogP contribution in [0.4, 0.5) is 14.5 Å². The standard InChI is InChI=1S/C22H20F2N2O3/c1-13-11-25(12-14(2)29-13)20-19(15-6-4-3-5-7-15)21(27)26(22(20)28)16-8-9-17(23)18(24)10-16/h3-10,13-14H,11-12H2,1-2H3. The molecule has 2 aromatic rings. The summed E-state index contributed by atoms with van der Waals surface area (Å²) >= 11 is 0. The maximum Gasteiger partial charge on any atom is 0.282 e. The van der Waals surface area contributed by atoms with E-state index in [1.54, 1.807) is 24.3 Å². The Morgan fingerprint density at radius 3 is 2.17 bits per heavy atom.